The van der Waals surface area contributed by atoms with Crippen LogP contribution in [0.2, 0.25) is 0 Å². The maximum absolute atomic E-state index is 12.1. The zero-order valence-corrected chi connectivity index (χ0v) is 14.5. The molecule has 2 atom stereocenters. The summed E-state index contributed by atoms with van der Waals surface area (Å²) in [6, 6.07) is 14.6. The first kappa shape index (κ1) is 16.1. The smallest absolute Gasteiger partial charge is 0.336 e. The zero-order chi connectivity index (χ0) is 17.6. The van der Waals surface area contributed by atoms with E-state index in [9.17, 15) is 4.79 Å². The molecule has 0 amide bonds. The fraction of sp³-hybridized carbons (Fsp3) is 0.286. The fourth-order valence-electron chi connectivity index (χ4n) is 3.52. The maximum Gasteiger partial charge on any atom is 0.336 e. The second kappa shape index (κ2) is 5.83. The number of allylic oxidation sites excluding steroid dienone is 2. The molecule has 4 heteroatoms. The molecular weight excluding hydrogens is 316 g/mol. The van der Waals surface area contributed by atoms with E-state index in [1.54, 1.807) is 6.08 Å². The Bertz CT molecular complexity index is 907. The van der Waals surface area contributed by atoms with Crippen LogP contribution in [0.4, 0.5) is 0 Å². The van der Waals surface area contributed by atoms with Gasteiger partial charge < -0.3 is 14.2 Å². The summed E-state index contributed by atoms with van der Waals surface area (Å²) in [5.74, 6) is -1.15. The van der Waals surface area contributed by atoms with E-state index in [0.29, 0.717) is 5.57 Å². The SMILES string of the molecule is COC(=O)C1=CC=C(c2ccc3ccccc3c2)[C@H]2OC(C)(C)O[C@@H]12. The highest BCUT2D eigenvalue weighted by atomic mass is 16.8. The van der Waals surface area contributed by atoms with Gasteiger partial charge in [0, 0.05) is 0 Å². The van der Waals surface area contributed by atoms with Gasteiger partial charge in [0.2, 0.25) is 0 Å². The molecule has 0 N–H and O–H groups in total. The third-order valence-corrected chi connectivity index (χ3v) is 4.66. The first-order valence-electron chi connectivity index (χ1n) is 8.33. The van der Waals surface area contributed by atoms with Crippen molar-refractivity contribution in [2.24, 2.45) is 0 Å². The van der Waals surface area contributed by atoms with Crippen LogP contribution in [0.25, 0.3) is 16.3 Å². The molecule has 2 aromatic rings. The van der Waals surface area contributed by atoms with Gasteiger partial charge >= 0.3 is 5.97 Å². The molecule has 2 aliphatic rings. The number of esters is 1. The van der Waals surface area contributed by atoms with Crippen LogP contribution >= 0.6 is 0 Å². The van der Waals surface area contributed by atoms with Gasteiger partial charge in [-0.15, -0.1) is 0 Å². The van der Waals surface area contributed by atoms with Gasteiger partial charge in [-0.25, -0.2) is 4.79 Å². The maximum atomic E-state index is 12.1. The standard InChI is InChI=1S/C21H20O4/c1-21(2)24-18-16(10-11-17(19(18)25-21)20(22)23-3)15-9-8-13-6-4-5-7-14(13)12-15/h4-12,18-19H,1-3H3/t18-,19+/m1/s1. The molecule has 0 radical (unpaired) electrons. The number of fused-ring (bicyclic) bond motifs is 2. The average molecular weight is 336 g/mol. The van der Waals surface area contributed by atoms with Crippen LogP contribution in [-0.4, -0.2) is 31.1 Å². The van der Waals surface area contributed by atoms with Gasteiger partial charge in [-0.1, -0.05) is 42.5 Å². The van der Waals surface area contributed by atoms with E-state index in [2.05, 4.69) is 30.3 Å². The lowest BCUT2D eigenvalue weighted by molar-refractivity contribution is -0.145. The number of carbonyl (C=O) groups is 1. The van der Waals surface area contributed by atoms with E-state index in [1.807, 2.05) is 32.1 Å². The lowest BCUT2D eigenvalue weighted by Gasteiger charge is -2.25. The highest BCUT2D eigenvalue weighted by Crippen LogP contribution is 2.42. The average Bonchev–Trinajstić information content (AvgIpc) is 2.94. The van der Waals surface area contributed by atoms with Crippen LogP contribution in [0.3, 0.4) is 0 Å². The summed E-state index contributed by atoms with van der Waals surface area (Å²) < 4.78 is 17.0. The number of hydrogen-bond donors (Lipinski definition) is 0. The number of rotatable bonds is 2. The molecule has 0 unspecified atom stereocenters. The van der Waals surface area contributed by atoms with Crippen LogP contribution in [0.15, 0.2) is 60.2 Å². The molecule has 0 aromatic heterocycles. The molecule has 4 nitrogen and oxygen atoms in total. The van der Waals surface area contributed by atoms with Crippen molar-refractivity contribution in [2.75, 3.05) is 7.11 Å². The van der Waals surface area contributed by atoms with Gasteiger partial charge in [0.1, 0.15) is 12.2 Å². The van der Waals surface area contributed by atoms with Crippen molar-refractivity contribution in [1.82, 2.24) is 0 Å². The Morgan fingerprint density at radius 2 is 1.72 bits per heavy atom. The van der Waals surface area contributed by atoms with Crippen LogP contribution in [0.1, 0.15) is 19.4 Å². The van der Waals surface area contributed by atoms with Gasteiger partial charge in [-0.3, -0.25) is 0 Å². The van der Waals surface area contributed by atoms with E-state index in [1.165, 1.54) is 17.9 Å². The molecule has 2 aromatic carbocycles. The first-order chi connectivity index (χ1) is 12.0. The molecule has 25 heavy (non-hydrogen) atoms. The first-order valence-corrected chi connectivity index (χ1v) is 8.33. The Morgan fingerprint density at radius 3 is 2.48 bits per heavy atom. The van der Waals surface area contributed by atoms with Crippen molar-refractivity contribution in [3.63, 3.8) is 0 Å². The highest BCUT2D eigenvalue weighted by molar-refractivity contribution is 5.94. The lowest BCUT2D eigenvalue weighted by atomic mass is 9.87. The van der Waals surface area contributed by atoms with Crippen molar-refractivity contribution in [2.45, 2.75) is 31.8 Å². The topological polar surface area (TPSA) is 44.8 Å². The monoisotopic (exact) mass is 336 g/mol. The largest absolute Gasteiger partial charge is 0.466 e. The molecule has 1 fully saturated rings. The molecule has 1 aliphatic heterocycles. The number of carbonyl (C=O) groups excluding carboxylic acids is 1. The van der Waals surface area contributed by atoms with Crippen LogP contribution in [0, 0.1) is 0 Å². The predicted molar refractivity (Wildman–Crippen MR) is 95.8 cm³/mol. The number of benzene rings is 2. The van der Waals surface area contributed by atoms with Crippen molar-refractivity contribution in [3.05, 3.63) is 65.8 Å². The minimum absolute atomic E-state index is 0.338. The predicted octanol–water partition coefficient (Wildman–Crippen LogP) is 3.86. The molecule has 4 rings (SSSR count). The number of methoxy groups -OCH3 is 1. The normalized spacial score (nSPS) is 24.4. The zero-order valence-electron chi connectivity index (χ0n) is 14.5. The molecule has 128 valence electrons. The molecule has 0 saturated carbocycles. The summed E-state index contributed by atoms with van der Waals surface area (Å²) in [7, 11) is 1.38. The fourth-order valence-corrected chi connectivity index (χ4v) is 3.52. The molecule has 0 bridgehead atoms. The third kappa shape index (κ3) is 2.77. The molecule has 1 heterocycles. The molecule has 0 spiro atoms. The Kier molecular flexibility index (Phi) is 3.74. The quantitative estimate of drug-likeness (QED) is 0.781. The molecule has 1 aliphatic carbocycles. The van der Waals surface area contributed by atoms with Crippen molar-refractivity contribution in [1.29, 1.82) is 0 Å². The van der Waals surface area contributed by atoms with E-state index < -0.39 is 11.9 Å². The Balaban J connectivity index is 1.80. The van der Waals surface area contributed by atoms with Crippen molar-refractivity contribution < 1.29 is 19.0 Å². The Morgan fingerprint density at radius 1 is 1.00 bits per heavy atom. The highest BCUT2D eigenvalue weighted by Gasteiger charge is 2.48. The molecule has 1 saturated heterocycles. The van der Waals surface area contributed by atoms with Crippen molar-refractivity contribution in [3.8, 4) is 0 Å². The van der Waals surface area contributed by atoms with Crippen LogP contribution < -0.4 is 0 Å². The number of hydrogen-bond acceptors (Lipinski definition) is 4. The van der Waals surface area contributed by atoms with Crippen LogP contribution in [-0.2, 0) is 19.0 Å². The minimum atomic E-state index is -0.761. The van der Waals surface area contributed by atoms with E-state index in [-0.39, 0.29) is 12.1 Å². The summed E-state index contributed by atoms with van der Waals surface area (Å²) >= 11 is 0. The Labute approximate surface area is 146 Å². The lowest BCUT2D eigenvalue weighted by Crippen LogP contribution is -2.32. The third-order valence-electron chi connectivity index (χ3n) is 4.66. The Hall–Kier alpha value is -2.43. The van der Waals surface area contributed by atoms with E-state index in [4.69, 9.17) is 14.2 Å². The minimum Gasteiger partial charge on any atom is -0.466 e. The second-order valence-corrected chi connectivity index (χ2v) is 6.77. The number of ether oxygens (including phenoxy) is 3. The summed E-state index contributed by atoms with van der Waals surface area (Å²) in [4.78, 5) is 12.1. The summed E-state index contributed by atoms with van der Waals surface area (Å²) in [6.45, 7) is 3.72. The van der Waals surface area contributed by atoms with Gasteiger partial charge in [-0.2, -0.15) is 0 Å². The van der Waals surface area contributed by atoms with Crippen LogP contribution in [0.5, 0.6) is 0 Å². The van der Waals surface area contributed by atoms with Gasteiger partial charge in [0.05, 0.1) is 12.7 Å². The summed E-state index contributed by atoms with van der Waals surface area (Å²) in [5.41, 5.74) is 2.56. The van der Waals surface area contributed by atoms with Gasteiger partial charge in [0.15, 0.2) is 5.79 Å². The van der Waals surface area contributed by atoms with E-state index in [0.717, 1.165) is 11.1 Å². The second-order valence-electron chi connectivity index (χ2n) is 6.77. The van der Waals surface area contributed by atoms with E-state index >= 15 is 0 Å². The van der Waals surface area contributed by atoms with Gasteiger partial charge in [0.25, 0.3) is 0 Å². The van der Waals surface area contributed by atoms with Gasteiger partial charge in [-0.05, 0) is 47.9 Å². The van der Waals surface area contributed by atoms with Crippen molar-refractivity contribution >= 4 is 22.3 Å². The summed E-state index contributed by atoms with van der Waals surface area (Å²) in [5, 5.41) is 2.35. The molecular formula is C21H20O4. The summed E-state index contributed by atoms with van der Waals surface area (Å²) in [6.07, 6.45) is 2.91.